The SMILES string of the molecule is COc1ccc(-c2[nH]c3ccccc3c2CCC(=O)N2CCCN(CC(=O)N3CCCC3)CC2)cc1. The zero-order chi connectivity index (χ0) is 24.9. The van der Waals surface area contributed by atoms with E-state index in [2.05, 4.69) is 34.1 Å². The summed E-state index contributed by atoms with van der Waals surface area (Å²) in [5, 5.41) is 1.17. The van der Waals surface area contributed by atoms with E-state index in [1.165, 1.54) is 10.9 Å². The first-order chi connectivity index (χ1) is 17.6. The van der Waals surface area contributed by atoms with Crippen LogP contribution in [0.25, 0.3) is 22.2 Å². The van der Waals surface area contributed by atoms with Crippen molar-refractivity contribution in [3.63, 3.8) is 0 Å². The van der Waals surface area contributed by atoms with Crippen molar-refractivity contribution in [1.82, 2.24) is 19.7 Å². The van der Waals surface area contributed by atoms with Crippen molar-refractivity contribution in [1.29, 1.82) is 0 Å². The highest BCUT2D eigenvalue weighted by Crippen LogP contribution is 2.32. The number of aromatic amines is 1. The molecule has 2 aromatic carbocycles. The number of ether oxygens (including phenoxy) is 1. The predicted molar refractivity (Wildman–Crippen MR) is 142 cm³/mol. The number of benzene rings is 2. The lowest BCUT2D eigenvalue weighted by Crippen LogP contribution is -2.41. The van der Waals surface area contributed by atoms with Gasteiger partial charge in [-0.25, -0.2) is 0 Å². The Kier molecular flexibility index (Phi) is 7.56. The molecule has 0 unspecified atom stereocenters. The molecule has 2 amide bonds. The van der Waals surface area contributed by atoms with Crippen LogP contribution >= 0.6 is 0 Å². The second-order valence-corrected chi connectivity index (χ2v) is 9.85. The molecule has 0 aliphatic carbocycles. The van der Waals surface area contributed by atoms with E-state index in [1.807, 2.05) is 34.1 Å². The first-order valence-corrected chi connectivity index (χ1v) is 13.1. The van der Waals surface area contributed by atoms with Crippen LogP contribution in [0.2, 0.25) is 0 Å². The first kappa shape index (κ1) is 24.4. The van der Waals surface area contributed by atoms with Gasteiger partial charge in [0.15, 0.2) is 0 Å². The maximum Gasteiger partial charge on any atom is 0.236 e. The number of hydrogen-bond donors (Lipinski definition) is 1. The number of carbonyl (C=O) groups excluding carboxylic acids is 2. The molecule has 3 aromatic rings. The molecule has 0 radical (unpaired) electrons. The van der Waals surface area contributed by atoms with Crippen LogP contribution in [-0.4, -0.2) is 84.4 Å². The normalized spacial score (nSPS) is 16.9. The number of amides is 2. The Balaban J connectivity index is 1.23. The van der Waals surface area contributed by atoms with Gasteiger partial charge >= 0.3 is 0 Å². The predicted octanol–water partition coefficient (Wildman–Crippen LogP) is 3.93. The molecular weight excluding hydrogens is 452 g/mol. The molecule has 2 fully saturated rings. The van der Waals surface area contributed by atoms with Crippen molar-refractivity contribution in [3.05, 3.63) is 54.1 Å². The number of aromatic nitrogens is 1. The Morgan fingerprint density at radius 1 is 0.833 bits per heavy atom. The number of para-hydroxylation sites is 1. The summed E-state index contributed by atoms with van der Waals surface area (Å²) in [6, 6.07) is 16.3. The number of nitrogens with one attached hydrogen (secondary N) is 1. The van der Waals surface area contributed by atoms with Crippen LogP contribution in [-0.2, 0) is 16.0 Å². The van der Waals surface area contributed by atoms with E-state index in [4.69, 9.17) is 4.74 Å². The molecule has 36 heavy (non-hydrogen) atoms. The number of fused-ring (bicyclic) bond motifs is 1. The van der Waals surface area contributed by atoms with E-state index in [-0.39, 0.29) is 11.8 Å². The maximum atomic E-state index is 13.3. The zero-order valence-electron chi connectivity index (χ0n) is 21.2. The molecular formula is C29H36N4O3. The Morgan fingerprint density at radius 3 is 2.33 bits per heavy atom. The summed E-state index contributed by atoms with van der Waals surface area (Å²) in [6.45, 7) is 5.33. The summed E-state index contributed by atoms with van der Waals surface area (Å²) >= 11 is 0. The summed E-state index contributed by atoms with van der Waals surface area (Å²) in [6.07, 6.45) is 4.29. The van der Waals surface area contributed by atoms with Crippen molar-refractivity contribution >= 4 is 22.7 Å². The Hall–Kier alpha value is -3.32. The minimum absolute atomic E-state index is 0.189. The largest absolute Gasteiger partial charge is 0.497 e. The van der Waals surface area contributed by atoms with E-state index in [0.717, 1.165) is 74.5 Å². The molecule has 7 heteroatoms. The van der Waals surface area contributed by atoms with Crippen LogP contribution in [0, 0.1) is 0 Å². The minimum Gasteiger partial charge on any atom is -0.497 e. The molecule has 2 aliphatic heterocycles. The zero-order valence-corrected chi connectivity index (χ0v) is 21.2. The van der Waals surface area contributed by atoms with Crippen LogP contribution < -0.4 is 4.74 Å². The van der Waals surface area contributed by atoms with Crippen LogP contribution in [0.1, 0.15) is 31.2 Å². The second-order valence-electron chi connectivity index (χ2n) is 9.85. The Labute approximate surface area is 213 Å². The fourth-order valence-corrected chi connectivity index (χ4v) is 5.49. The molecule has 0 saturated carbocycles. The molecule has 1 N–H and O–H groups in total. The number of likely N-dealkylation sites (tertiary alicyclic amines) is 1. The lowest BCUT2D eigenvalue weighted by atomic mass is 10.0. The van der Waals surface area contributed by atoms with Crippen LogP contribution in [0.4, 0.5) is 0 Å². The van der Waals surface area contributed by atoms with Crippen LogP contribution in [0.3, 0.4) is 0 Å². The lowest BCUT2D eigenvalue weighted by Gasteiger charge is -2.24. The van der Waals surface area contributed by atoms with Gasteiger partial charge in [-0.3, -0.25) is 14.5 Å². The molecule has 0 bridgehead atoms. The van der Waals surface area contributed by atoms with Gasteiger partial charge in [0.25, 0.3) is 0 Å². The van der Waals surface area contributed by atoms with Gasteiger partial charge < -0.3 is 19.5 Å². The molecule has 0 atom stereocenters. The number of methoxy groups -OCH3 is 1. The number of hydrogen-bond acceptors (Lipinski definition) is 4. The van der Waals surface area contributed by atoms with E-state index in [1.54, 1.807) is 7.11 Å². The average molecular weight is 489 g/mol. The lowest BCUT2D eigenvalue weighted by molar-refractivity contribution is -0.131. The van der Waals surface area contributed by atoms with E-state index < -0.39 is 0 Å². The molecule has 190 valence electrons. The van der Waals surface area contributed by atoms with Gasteiger partial charge in [0.1, 0.15) is 5.75 Å². The van der Waals surface area contributed by atoms with Crippen molar-refractivity contribution in [2.24, 2.45) is 0 Å². The second kappa shape index (κ2) is 11.2. The molecule has 0 spiro atoms. The van der Waals surface area contributed by atoms with Crippen molar-refractivity contribution < 1.29 is 14.3 Å². The van der Waals surface area contributed by atoms with Gasteiger partial charge in [-0.1, -0.05) is 18.2 Å². The van der Waals surface area contributed by atoms with E-state index in [9.17, 15) is 9.59 Å². The highest BCUT2D eigenvalue weighted by Gasteiger charge is 2.24. The Bertz CT molecular complexity index is 1200. The molecule has 3 heterocycles. The fourth-order valence-electron chi connectivity index (χ4n) is 5.49. The average Bonchev–Trinajstić information content (AvgIpc) is 3.51. The van der Waals surface area contributed by atoms with Crippen molar-refractivity contribution in [2.45, 2.75) is 32.1 Å². The number of rotatable bonds is 7. The molecule has 1 aromatic heterocycles. The standard InChI is InChI=1S/C29H36N4O3/c1-36-23-11-9-22(10-12-23)29-25(24-7-2-3-8-26(24)30-29)13-14-27(34)33-18-6-15-31(19-20-33)21-28(35)32-16-4-5-17-32/h2-3,7-12,30H,4-6,13-21H2,1H3. The summed E-state index contributed by atoms with van der Waals surface area (Å²) < 4.78 is 5.32. The quantitative estimate of drug-likeness (QED) is 0.547. The van der Waals surface area contributed by atoms with Gasteiger partial charge in [-0.05, 0) is 67.1 Å². The smallest absolute Gasteiger partial charge is 0.236 e. The third-order valence-electron chi connectivity index (χ3n) is 7.54. The summed E-state index contributed by atoms with van der Waals surface area (Å²) in [7, 11) is 1.67. The number of carbonyl (C=O) groups is 2. The maximum absolute atomic E-state index is 13.3. The monoisotopic (exact) mass is 488 g/mol. The summed E-state index contributed by atoms with van der Waals surface area (Å²) in [5.74, 6) is 1.25. The molecule has 7 nitrogen and oxygen atoms in total. The van der Waals surface area contributed by atoms with Crippen LogP contribution in [0.15, 0.2) is 48.5 Å². The molecule has 2 aliphatic rings. The summed E-state index contributed by atoms with van der Waals surface area (Å²) in [4.78, 5) is 35.6. The van der Waals surface area contributed by atoms with Gasteiger partial charge in [0.05, 0.1) is 13.7 Å². The number of nitrogens with zero attached hydrogens (tertiary/aromatic N) is 3. The van der Waals surface area contributed by atoms with E-state index in [0.29, 0.717) is 25.9 Å². The van der Waals surface area contributed by atoms with Gasteiger partial charge in [0.2, 0.25) is 11.8 Å². The molecule has 2 saturated heterocycles. The fraction of sp³-hybridized carbons (Fsp3) is 0.448. The van der Waals surface area contributed by atoms with Gasteiger partial charge in [-0.2, -0.15) is 0 Å². The topological polar surface area (TPSA) is 68.9 Å². The van der Waals surface area contributed by atoms with Crippen LogP contribution in [0.5, 0.6) is 5.75 Å². The van der Waals surface area contributed by atoms with Gasteiger partial charge in [0, 0.05) is 62.3 Å². The Morgan fingerprint density at radius 2 is 1.56 bits per heavy atom. The minimum atomic E-state index is 0.189. The van der Waals surface area contributed by atoms with Crippen molar-refractivity contribution in [2.75, 3.05) is 52.9 Å². The first-order valence-electron chi connectivity index (χ1n) is 13.1. The molecule has 5 rings (SSSR count). The third-order valence-corrected chi connectivity index (χ3v) is 7.54. The highest BCUT2D eigenvalue weighted by molar-refractivity contribution is 5.91. The highest BCUT2D eigenvalue weighted by atomic mass is 16.5. The number of aryl methyl sites for hydroxylation is 1. The summed E-state index contributed by atoms with van der Waals surface area (Å²) in [5.41, 5.74) is 4.41. The number of H-pyrrole nitrogens is 1. The van der Waals surface area contributed by atoms with Gasteiger partial charge in [-0.15, -0.1) is 0 Å². The van der Waals surface area contributed by atoms with Crippen molar-refractivity contribution in [3.8, 4) is 17.0 Å². The van der Waals surface area contributed by atoms with E-state index >= 15 is 0 Å². The third kappa shape index (κ3) is 5.41.